The molecule has 1 unspecified atom stereocenters. The van der Waals surface area contributed by atoms with E-state index in [4.69, 9.17) is 5.73 Å². The third-order valence-corrected chi connectivity index (χ3v) is 5.12. The van der Waals surface area contributed by atoms with Crippen LogP contribution in [-0.2, 0) is 0 Å². The minimum Gasteiger partial charge on any atom is -0.397 e. The van der Waals surface area contributed by atoms with Gasteiger partial charge >= 0.3 is 0 Å². The van der Waals surface area contributed by atoms with Crippen LogP contribution in [0.3, 0.4) is 0 Å². The fourth-order valence-electron chi connectivity index (χ4n) is 2.77. The van der Waals surface area contributed by atoms with Crippen molar-refractivity contribution in [2.24, 2.45) is 5.92 Å². The molecule has 21 heavy (non-hydrogen) atoms. The van der Waals surface area contributed by atoms with E-state index >= 15 is 0 Å². The van der Waals surface area contributed by atoms with Crippen molar-refractivity contribution in [3.63, 3.8) is 0 Å². The Kier molecular flexibility index (Phi) is 3.82. The van der Waals surface area contributed by atoms with Gasteiger partial charge in [0.05, 0.1) is 5.69 Å². The highest BCUT2D eigenvalue weighted by Gasteiger charge is 2.22. The number of benzene rings is 1. The number of hydrogen-bond acceptors (Lipinski definition) is 4. The van der Waals surface area contributed by atoms with Gasteiger partial charge in [0.15, 0.2) is 0 Å². The topological polar surface area (TPSA) is 58.4 Å². The van der Waals surface area contributed by atoms with Gasteiger partial charge in [-0.3, -0.25) is 4.79 Å². The number of nitrogens with two attached hydrogens (primary N) is 1. The second-order valence-corrected chi connectivity index (χ2v) is 6.66. The lowest BCUT2D eigenvalue weighted by atomic mass is 10.1. The van der Waals surface area contributed by atoms with Crippen LogP contribution in [0.1, 0.15) is 16.1 Å². The summed E-state index contributed by atoms with van der Waals surface area (Å²) in [5.41, 5.74) is 6.36. The largest absolute Gasteiger partial charge is 0.397 e. The number of halogens is 1. The van der Waals surface area contributed by atoms with Crippen LogP contribution in [0.4, 0.5) is 10.1 Å². The lowest BCUT2D eigenvalue weighted by Crippen LogP contribution is -2.30. The van der Waals surface area contributed by atoms with E-state index in [1.54, 1.807) is 6.07 Å². The molecule has 6 heteroatoms. The van der Waals surface area contributed by atoms with Crippen LogP contribution in [0.25, 0.3) is 10.1 Å². The fraction of sp³-hybridized carbons (Fsp3) is 0.400. The first kappa shape index (κ1) is 14.3. The van der Waals surface area contributed by atoms with Crippen molar-refractivity contribution in [3.05, 3.63) is 28.9 Å². The number of nitrogens with zero attached hydrogens (tertiary/aromatic N) is 1. The predicted octanol–water partition coefficient (Wildman–Crippen LogP) is 2.30. The highest BCUT2D eigenvalue weighted by Crippen LogP contribution is 2.34. The maximum atomic E-state index is 13.3. The molecule has 1 amide bonds. The summed E-state index contributed by atoms with van der Waals surface area (Å²) in [6.45, 7) is 2.74. The Balaban J connectivity index is 1.74. The third-order valence-electron chi connectivity index (χ3n) is 3.93. The molecular weight excluding hydrogens is 289 g/mol. The molecule has 0 radical (unpaired) electrons. The number of hydrogen-bond donors (Lipinski definition) is 2. The van der Waals surface area contributed by atoms with Crippen molar-refractivity contribution in [2.45, 2.75) is 6.42 Å². The van der Waals surface area contributed by atoms with E-state index < -0.39 is 0 Å². The molecule has 1 aliphatic heterocycles. The minimum atomic E-state index is -0.340. The van der Waals surface area contributed by atoms with Gasteiger partial charge in [-0.25, -0.2) is 4.39 Å². The molecule has 4 nitrogen and oxygen atoms in total. The zero-order valence-electron chi connectivity index (χ0n) is 11.9. The van der Waals surface area contributed by atoms with E-state index in [0.29, 0.717) is 28.4 Å². The summed E-state index contributed by atoms with van der Waals surface area (Å²) in [4.78, 5) is 15.0. The van der Waals surface area contributed by atoms with Crippen LogP contribution in [0, 0.1) is 11.7 Å². The summed E-state index contributed by atoms with van der Waals surface area (Å²) in [5.74, 6) is -0.0105. The number of nitrogen functional groups attached to an aromatic ring is 1. The summed E-state index contributed by atoms with van der Waals surface area (Å²) in [7, 11) is 2.08. The molecule has 1 aromatic carbocycles. The molecule has 2 aromatic rings. The van der Waals surface area contributed by atoms with Crippen molar-refractivity contribution in [1.82, 2.24) is 10.2 Å². The molecule has 1 aromatic heterocycles. The average molecular weight is 307 g/mol. The Labute approximate surface area is 126 Å². The SMILES string of the molecule is CN1CCC(CNC(=O)c2sc3ccc(F)cc3c2N)C1. The quantitative estimate of drug-likeness (QED) is 0.915. The summed E-state index contributed by atoms with van der Waals surface area (Å²) in [5, 5.41) is 3.57. The molecule has 0 saturated carbocycles. The van der Waals surface area contributed by atoms with Gasteiger partial charge in [-0.05, 0) is 44.1 Å². The second kappa shape index (κ2) is 5.61. The molecule has 0 aliphatic carbocycles. The van der Waals surface area contributed by atoms with Crippen molar-refractivity contribution >= 4 is 33.0 Å². The van der Waals surface area contributed by atoms with Crippen molar-refractivity contribution in [1.29, 1.82) is 0 Å². The van der Waals surface area contributed by atoms with Gasteiger partial charge in [0.25, 0.3) is 5.91 Å². The smallest absolute Gasteiger partial charge is 0.263 e. The van der Waals surface area contributed by atoms with Gasteiger partial charge in [0.1, 0.15) is 10.7 Å². The monoisotopic (exact) mass is 307 g/mol. The second-order valence-electron chi connectivity index (χ2n) is 5.61. The first-order valence-electron chi connectivity index (χ1n) is 6.99. The maximum Gasteiger partial charge on any atom is 0.263 e. The van der Waals surface area contributed by atoms with Crippen LogP contribution in [0.2, 0.25) is 0 Å². The van der Waals surface area contributed by atoms with Crippen LogP contribution in [0.5, 0.6) is 0 Å². The van der Waals surface area contributed by atoms with Gasteiger partial charge in [-0.1, -0.05) is 0 Å². The van der Waals surface area contributed by atoms with Crippen LogP contribution < -0.4 is 11.1 Å². The Morgan fingerprint density at radius 3 is 3.10 bits per heavy atom. The molecule has 112 valence electrons. The number of likely N-dealkylation sites (tertiary alicyclic amines) is 1. The number of amides is 1. The molecule has 0 bridgehead atoms. The Morgan fingerprint density at radius 1 is 1.57 bits per heavy atom. The summed E-state index contributed by atoms with van der Waals surface area (Å²) in [6, 6.07) is 4.42. The minimum absolute atomic E-state index is 0.163. The first-order valence-corrected chi connectivity index (χ1v) is 7.80. The number of carbonyl (C=O) groups excluding carboxylic acids is 1. The molecule has 1 aliphatic rings. The van der Waals surface area contributed by atoms with Crippen LogP contribution >= 0.6 is 11.3 Å². The number of carbonyl (C=O) groups is 1. The highest BCUT2D eigenvalue weighted by atomic mass is 32.1. The Hall–Kier alpha value is -1.66. The van der Waals surface area contributed by atoms with Gasteiger partial charge in [-0.2, -0.15) is 0 Å². The summed E-state index contributed by atoms with van der Waals surface area (Å²) in [6.07, 6.45) is 1.10. The van der Waals surface area contributed by atoms with E-state index in [-0.39, 0.29) is 11.7 Å². The average Bonchev–Trinajstić information content (AvgIpc) is 3.01. The van der Waals surface area contributed by atoms with Crippen molar-refractivity contribution in [3.8, 4) is 0 Å². The number of thiophene rings is 1. The number of rotatable bonds is 3. The standard InChI is InChI=1S/C15H18FN3OS/c1-19-5-4-9(8-19)7-18-15(20)14-13(17)11-6-10(16)2-3-12(11)21-14/h2-3,6,9H,4-5,7-8,17H2,1H3,(H,18,20). The number of fused-ring (bicyclic) bond motifs is 1. The lowest BCUT2D eigenvalue weighted by Gasteiger charge is -2.11. The molecule has 0 spiro atoms. The maximum absolute atomic E-state index is 13.3. The number of nitrogens with one attached hydrogen (secondary N) is 1. The van der Waals surface area contributed by atoms with Gasteiger partial charge in [-0.15, -0.1) is 11.3 Å². The lowest BCUT2D eigenvalue weighted by molar-refractivity contribution is 0.0952. The fourth-order valence-corrected chi connectivity index (χ4v) is 3.79. The van der Waals surface area contributed by atoms with Crippen molar-refractivity contribution < 1.29 is 9.18 Å². The molecular formula is C15H18FN3OS. The third kappa shape index (κ3) is 2.87. The molecule has 1 fully saturated rings. The van der Waals surface area contributed by atoms with Gasteiger partial charge < -0.3 is 16.0 Å². The van der Waals surface area contributed by atoms with Crippen molar-refractivity contribution in [2.75, 3.05) is 32.4 Å². The first-order chi connectivity index (χ1) is 10.0. The van der Waals surface area contributed by atoms with Crippen LogP contribution in [-0.4, -0.2) is 37.5 Å². The Morgan fingerprint density at radius 2 is 2.38 bits per heavy atom. The molecule has 1 atom stereocenters. The van der Waals surface area contributed by atoms with E-state index in [9.17, 15) is 9.18 Å². The molecule has 2 heterocycles. The van der Waals surface area contributed by atoms with E-state index in [1.807, 2.05) is 0 Å². The normalized spacial score (nSPS) is 19.2. The molecule has 3 rings (SSSR count). The Bertz CT molecular complexity index is 685. The zero-order valence-corrected chi connectivity index (χ0v) is 12.7. The van der Waals surface area contributed by atoms with Gasteiger partial charge in [0, 0.05) is 23.2 Å². The van der Waals surface area contributed by atoms with E-state index in [0.717, 1.165) is 24.2 Å². The zero-order chi connectivity index (χ0) is 15.0. The molecule has 3 N–H and O–H groups in total. The number of anilines is 1. The summed E-state index contributed by atoms with van der Waals surface area (Å²) >= 11 is 1.31. The summed E-state index contributed by atoms with van der Waals surface area (Å²) < 4.78 is 14.1. The van der Waals surface area contributed by atoms with E-state index in [1.165, 1.54) is 23.5 Å². The van der Waals surface area contributed by atoms with E-state index in [2.05, 4.69) is 17.3 Å². The highest BCUT2D eigenvalue weighted by molar-refractivity contribution is 7.21. The molecule has 1 saturated heterocycles. The predicted molar refractivity (Wildman–Crippen MR) is 84.1 cm³/mol. The van der Waals surface area contributed by atoms with Crippen LogP contribution in [0.15, 0.2) is 18.2 Å². The van der Waals surface area contributed by atoms with Gasteiger partial charge in [0.2, 0.25) is 0 Å².